The molecule has 7 heteroatoms. The Morgan fingerprint density at radius 2 is 2.08 bits per heavy atom. The molecular formula is C18H23N3O2S2. The second kappa shape index (κ2) is 9.68. The molecule has 2 aromatic rings. The average Bonchev–Trinajstić information content (AvgIpc) is 2.56. The van der Waals surface area contributed by atoms with Crippen LogP contribution in [0.15, 0.2) is 34.2 Å². The fourth-order valence-electron chi connectivity index (χ4n) is 2.14. The van der Waals surface area contributed by atoms with Crippen molar-refractivity contribution in [2.45, 2.75) is 38.1 Å². The maximum absolute atomic E-state index is 12.2. The predicted octanol–water partition coefficient (Wildman–Crippen LogP) is 3.76. The largest absolute Gasteiger partial charge is 0.325 e. The summed E-state index contributed by atoms with van der Waals surface area (Å²) in [4.78, 5) is 31.0. The van der Waals surface area contributed by atoms with Crippen molar-refractivity contribution in [1.29, 1.82) is 0 Å². The average molecular weight is 378 g/mol. The lowest BCUT2D eigenvalue weighted by atomic mass is 10.1. The Morgan fingerprint density at radius 3 is 2.84 bits per heavy atom. The summed E-state index contributed by atoms with van der Waals surface area (Å²) in [5, 5.41) is 3.39. The van der Waals surface area contributed by atoms with Gasteiger partial charge in [0.2, 0.25) is 5.91 Å². The van der Waals surface area contributed by atoms with Gasteiger partial charge in [0.15, 0.2) is 5.16 Å². The minimum Gasteiger partial charge on any atom is -0.325 e. The van der Waals surface area contributed by atoms with E-state index in [0.29, 0.717) is 10.9 Å². The molecule has 0 atom stereocenters. The minimum atomic E-state index is -0.181. The van der Waals surface area contributed by atoms with Gasteiger partial charge >= 0.3 is 0 Å². The summed E-state index contributed by atoms with van der Waals surface area (Å²) < 4.78 is 0. The van der Waals surface area contributed by atoms with E-state index in [1.54, 1.807) is 11.8 Å². The van der Waals surface area contributed by atoms with Crippen molar-refractivity contribution < 1.29 is 4.79 Å². The van der Waals surface area contributed by atoms with Crippen molar-refractivity contribution >= 4 is 35.1 Å². The van der Waals surface area contributed by atoms with Gasteiger partial charge in [-0.2, -0.15) is 11.8 Å². The van der Waals surface area contributed by atoms with Gasteiger partial charge in [-0.15, -0.1) is 0 Å². The fourth-order valence-corrected chi connectivity index (χ4v) is 3.62. The number of hydrogen-bond acceptors (Lipinski definition) is 5. The van der Waals surface area contributed by atoms with Crippen molar-refractivity contribution in [3.63, 3.8) is 0 Å². The van der Waals surface area contributed by atoms with Gasteiger partial charge in [-0.3, -0.25) is 9.59 Å². The number of nitrogens with one attached hydrogen (secondary N) is 2. The van der Waals surface area contributed by atoms with Gasteiger partial charge < -0.3 is 10.3 Å². The first kappa shape index (κ1) is 19.6. The number of aryl methyl sites for hydroxylation is 2. The number of nitrogens with zero attached hydrogens (tertiary/aromatic N) is 1. The molecule has 1 amide bonds. The molecule has 0 aliphatic rings. The van der Waals surface area contributed by atoms with E-state index < -0.39 is 0 Å². The van der Waals surface area contributed by atoms with Crippen molar-refractivity contribution in [2.24, 2.45) is 0 Å². The van der Waals surface area contributed by atoms with Gasteiger partial charge in [0.25, 0.3) is 5.56 Å². The number of carbonyl (C=O) groups is 1. The number of benzene rings is 1. The van der Waals surface area contributed by atoms with Crippen LogP contribution in [0.5, 0.6) is 0 Å². The maximum atomic E-state index is 12.2. The van der Waals surface area contributed by atoms with Crippen LogP contribution in [0.4, 0.5) is 5.69 Å². The van der Waals surface area contributed by atoms with Gasteiger partial charge in [0.1, 0.15) is 0 Å². The van der Waals surface area contributed by atoms with Crippen molar-refractivity contribution in [1.82, 2.24) is 9.97 Å². The Bertz CT molecular complexity index is 790. The predicted molar refractivity (Wildman–Crippen MR) is 107 cm³/mol. The molecule has 0 aliphatic heterocycles. The molecular weight excluding hydrogens is 354 g/mol. The number of aromatic amines is 1. The Labute approximate surface area is 156 Å². The quantitative estimate of drug-likeness (QED) is 0.416. The molecule has 1 aromatic carbocycles. The summed E-state index contributed by atoms with van der Waals surface area (Å²) in [5.41, 5.74) is 3.50. The molecule has 2 N–H and O–H groups in total. The third kappa shape index (κ3) is 6.59. The summed E-state index contributed by atoms with van der Waals surface area (Å²) in [5.74, 6) is 1.82. The van der Waals surface area contributed by atoms with Gasteiger partial charge in [-0.25, -0.2) is 4.98 Å². The number of anilines is 1. The molecule has 0 aliphatic carbocycles. The number of H-pyrrole nitrogens is 1. The second-order valence-electron chi connectivity index (χ2n) is 5.75. The second-order valence-corrected chi connectivity index (χ2v) is 7.82. The Morgan fingerprint density at radius 1 is 1.28 bits per heavy atom. The highest BCUT2D eigenvalue weighted by Gasteiger charge is 2.08. The Kier molecular flexibility index (Phi) is 7.58. The first-order valence-corrected chi connectivity index (χ1v) is 10.3. The zero-order valence-corrected chi connectivity index (χ0v) is 16.4. The lowest BCUT2D eigenvalue weighted by molar-refractivity contribution is -0.113. The van der Waals surface area contributed by atoms with E-state index in [0.717, 1.165) is 34.7 Å². The zero-order chi connectivity index (χ0) is 18.2. The number of carbonyl (C=O) groups excluding carboxylic acids is 1. The summed E-state index contributed by atoms with van der Waals surface area (Å²) in [6, 6.07) is 7.46. The summed E-state index contributed by atoms with van der Waals surface area (Å²) in [6.45, 7) is 6.06. The summed E-state index contributed by atoms with van der Waals surface area (Å²) in [6.07, 6.45) is 1.09. The molecule has 0 saturated heterocycles. The van der Waals surface area contributed by atoms with Crippen LogP contribution in [0.25, 0.3) is 0 Å². The maximum Gasteiger partial charge on any atom is 0.251 e. The molecule has 0 radical (unpaired) electrons. The highest BCUT2D eigenvalue weighted by atomic mass is 32.2. The number of aromatic nitrogens is 2. The number of amides is 1. The molecule has 134 valence electrons. The van der Waals surface area contributed by atoms with Crippen molar-refractivity contribution in [3.05, 3.63) is 51.4 Å². The summed E-state index contributed by atoms with van der Waals surface area (Å²) >= 11 is 2.99. The van der Waals surface area contributed by atoms with E-state index in [-0.39, 0.29) is 17.2 Å². The molecule has 0 fully saturated rings. The van der Waals surface area contributed by atoms with Crippen LogP contribution in [0.2, 0.25) is 0 Å². The van der Waals surface area contributed by atoms with Crippen LogP contribution in [0, 0.1) is 13.8 Å². The van der Waals surface area contributed by atoms with Crippen LogP contribution in [-0.2, 0) is 10.5 Å². The molecule has 0 unspecified atom stereocenters. The first-order valence-electron chi connectivity index (χ1n) is 8.16. The lowest BCUT2D eigenvalue weighted by Gasteiger charge is -2.09. The molecule has 25 heavy (non-hydrogen) atoms. The molecule has 1 heterocycles. The van der Waals surface area contributed by atoms with Crippen LogP contribution < -0.4 is 10.9 Å². The van der Waals surface area contributed by atoms with Crippen molar-refractivity contribution in [3.8, 4) is 0 Å². The van der Waals surface area contributed by atoms with E-state index in [1.165, 1.54) is 17.8 Å². The van der Waals surface area contributed by atoms with Crippen LogP contribution >= 0.6 is 23.5 Å². The first-order chi connectivity index (χ1) is 12.0. The third-order valence-electron chi connectivity index (χ3n) is 3.38. The Hall–Kier alpha value is -1.73. The third-order valence-corrected chi connectivity index (χ3v) is 5.45. The lowest BCUT2D eigenvalue weighted by Crippen LogP contribution is -2.16. The molecule has 5 nitrogen and oxygen atoms in total. The van der Waals surface area contributed by atoms with E-state index in [9.17, 15) is 9.59 Å². The van der Waals surface area contributed by atoms with Crippen molar-refractivity contribution in [2.75, 3.05) is 16.8 Å². The molecule has 2 rings (SSSR count). The van der Waals surface area contributed by atoms with E-state index in [4.69, 9.17) is 0 Å². The monoisotopic (exact) mass is 377 g/mol. The minimum absolute atomic E-state index is 0.118. The smallest absolute Gasteiger partial charge is 0.251 e. The summed E-state index contributed by atoms with van der Waals surface area (Å²) in [7, 11) is 0. The highest BCUT2D eigenvalue weighted by molar-refractivity contribution is 7.99. The number of rotatable bonds is 8. The molecule has 0 spiro atoms. The molecule has 0 bridgehead atoms. The van der Waals surface area contributed by atoms with Gasteiger partial charge in [0.05, 0.1) is 11.4 Å². The Balaban J connectivity index is 1.94. The highest BCUT2D eigenvalue weighted by Crippen LogP contribution is 2.18. The molecule has 1 aromatic heterocycles. The number of thioether (sulfide) groups is 2. The fraction of sp³-hybridized carbons (Fsp3) is 0.389. The van der Waals surface area contributed by atoms with Crippen LogP contribution in [0.1, 0.15) is 30.2 Å². The van der Waals surface area contributed by atoms with Gasteiger partial charge in [-0.1, -0.05) is 30.8 Å². The topological polar surface area (TPSA) is 74.8 Å². The van der Waals surface area contributed by atoms with Gasteiger partial charge in [-0.05, 0) is 43.2 Å². The van der Waals surface area contributed by atoms with E-state index in [1.807, 2.05) is 32.0 Å². The SMILES string of the molecule is CCCSCc1cc(=O)[nH]c(SCC(=O)Nc2cc(C)ccc2C)n1. The van der Waals surface area contributed by atoms with Crippen LogP contribution in [0.3, 0.4) is 0 Å². The standard InChI is InChI=1S/C18H23N3O2S2/c1-4-7-24-10-14-9-16(22)21-18(19-14)25-11-17(23)20-15-8-12(2)5-6-13(15)3/h5-6,8-9H,4,7,10-11H2,1-3H3,(H,20,23)(H,19,21,22). The van der Waals surface area contributed by atoms with E-state index in [2.05, 4.69) is 22.2 Å². The zero-order valence-electron chi connectivity index (χ0n) is 14.7. The van der Waals surface area contributed by atoms with E-state index >= 15 is 0 Å². The van der Waals surface area contributed by atoms with Crippen LogP contribution in [-0.4, -0.2) is 27.4 Å². The number of hydrogen-bond donors (Lipinski definition) is 2. The normalized spacial score (nSPS) is 10.7. The van der Waals surface area contributed by atoms with Gasteiger partial charge in [0, 0.05) is 17.5 Å². The molecule has 0 saturated carbocycles.